The summed E-state index contributed by atoms with van der Waals surface area (Å²) in [6.07, 6.45) is 4.44. The van der Waals surface area contributed by atoms with Crippen molar-refractivity contribution in [2.45, 2.75) is 52.2 Å². The fraction of sp³-hybridized carbons (Fsp3) is 0.800. The molecule has 0 bridgehead atoms. The molecule has 0 rings (SSSR count). The number of carbonyl (C=O) groups excluding carboxylic acids is 1. The van der Waals surface area contributed by atoms with Gasteiger partial charge in [0.2, 0.25) is 0 Å². The van der Waals surface area contributed by atoms with Gasteiger partial charge in [-0.3, -0.25) is 0 Å². The Kier molecular flexibility index (Phi) is 8.49. The number of amides is 1. The second-order valence-electron chi connectivity index (χ2n) is 6.27. The molecule has 0 unspecified atom stereocenters. The van der Waals surface area contributed by atoms with E-state index in [2.05, 4.69) is 24.5 Å². The summed E-state index contributed by atoms with van der Waals surface area (Å²) >= 11 is 0. The van der Waals surface area contributed by atoms with Gasteiger partial charge in [-0.1, -0.05) is 12.2 Å². The van der Waals surface area contributed by atoms with Crippen molar-refractivity contribution in [3.63, 3.8) is 0 Å². The molecule has 0 aromatic heterocycles. The molecule has 5 nitrogen and oxygen atoms in total. The lowest BCUT2D eigenvalue weighted by atomic mass is 10.1. The Morgan fingerprint density at radius 2 is 1.70 bits per heavy atom. The first kappa shape index (κ1) is 18.9. The molecule has 5 heteroatoms. The van der Waals surface area contributed by atoms with Crippen molar-refractivity contribution in [1.29, 1.82) is 0 Å². The third-order valence-corrected chi connectivity index (χ3v) is 2.65. The highest BCUT2D eigenvalue weighted by atomic mass is 16.6. The van der Waals surface area contributed by atoms with E-state index in [9.17, 15) is 4.79 Å². The van der Waals surface area contributed by atoms with Gasteiger partial charge >= 0.3 is 6.09 Å². The molecular weight excluding hydrogens is 256 g/mol. The quantitative estimate of drug-likeness (QED) is 0.531. The minimum absolute atomic E-state index is 0.0883. The number of nitrogens with one attached hydrogen (secondary N) is 2. The molecule has 0 aliphatic rings. The topological polar surface area (TPSA) is 59.6 Å². The first-order valence-electron chi connectivity index (χ1n) is 7.04. The van der Waals surface area contributed by atoms with Gasteiger partial charge in [0.05, 0.1) is 5.60 Å². The van der Waals surface area contributed by atoms with E-state index in [0.717, 1.165) is 19.5 Å². The van der Waals surface area contributed by atoms with Crippen molar-refractivity contribution >= 4 is 6.09 Å². The molecule has 2 N–H and O–H groups in total. The Labute approximate surface area is 123 Å². The lowest BCUT2D eigenvalue weighted by molar-refractivity contribution is 0.0160. The zero-order chi connectivity index (χ0) is 15.6. The summed E-state index contributed by atoms with van der Waals surface area (Å²) in [6, 6.07) is 0. The van der Waals surface area contributed by atoms with E-state index in [1.165, 1.54) is 0 Å². The average molecular weight is 286 g/mol. The van der Waals surface area contributed by atoms with Crippen LogP contribution in [0, 0.1) is 0 Å². The summed E-state index contributed by atoms with van der Waals surface area (Å²) in [7, 11) is 1.72. The van der Waals surface area contributed by atoms with Gasteiger partial charge in [0.1, 0.15) is 5.60 Å². The smallest absolute Gasteiger partial charge is 0.407 e. The maximum absolute atomic E-state index is 11.3. The van der Waals surface area contributed by atoms with E-state index in [4.69, 9.17) is 9.47 Å². The highest BCUT2D eigenvalue weighted by molar-refractivity contribution is 5.67. The highest BCUT2D eigenvalue weighted by Crippen LogP contribution is 2.11. The van der Waals surface area contributed by atoms with Crippen molar-refractivity contribution in [3.8, 4) is 0 Å². The van der Waals surface area contributed by atoms with Crippen LogP contribution >= 0.6 is 0 Å². The zero-order valence-corrected chi connectivity index (χ0v) is 13.7. The van der Waals surface area contributed by atoms with E-state index in [0.29, 0.717) is 6.54 Å². The second kappa shape index (κ2) is 8.97. The van der Waals surface area contributed by atoms with E-state index in [1.54, 1.807) is 7.11 Å². The van der Waals surface area contributed by atoms with E-state index >= 15 is 0 Å². The molecule has 0 saturated carbocycles. The van der Waals surface area contributed by atoms with Crippen LogP contribution in [0.4, 0.5) is 4.79 Å². The minimum Gasteiger partial charge on any atom is -0.444 e. The SMILES string of the molecule is COC(C)(C)CCNC/C=C/CNC(=O)OC(C)(C)C. The molecule has 0 spiro atoms. The molecule has 0 heterocycles. The van der Waals surface area contributed by atoms with E-state index in [1.807, 2.05) is 32.9 Å². The summed E-state index contributed by atoms with van der Waals surface area (Å²) in [6.45, 7) is 11.8. The fourth-order valence-electron chi connectivity index (χ4n) is 1.30. The Hall–Kier alpha value is -1.07. The van der Waals surface area contributed by atoms with Gasteiger partial charge in [-0.25, -0.2) is 4.79 Å². The van der Waals surface area contributed by atoms with Crippen molar-refractivity contribution in [3.05, 3.63) is 12.2 Å². The van der Waals surface area contributed by atoms with Crippen molar-refractivity contribution in [2.24, 2.45) is 0 Å². The standard InChI is InChI=1S/C15H30N2O3/c1-14(2,3)20-13(18)17-11-8-7-10-16-12-9-15(4,5)19-6/h7-8,16H,9-12H2,1-6H3,(H,17,18)/b8-7+. The van der Waals surface area contributed by atoms with Crippen LogP contribution in [-0.2, 0) is 9.47 Å². The van der Waals surface area contributed by atoms with E-state index < -0.39 is 11.7 Å². The number of ether oxygens (including phenoxy) is 2. The maximum Gasteiger partial charge on any atom is 0.407 e. The Morgan fingerprint density at radius 1 is 1.10 bits per heavy atom. The highest BCUT2D eigenvalue weighted by Gasteiger charge is 2.15. The predicted molar refractivity (Wildman–Crippen MR) is 82.0 cm³/mol. The van der Waals surface area contributed by atoms with Crippen molar-refractivity contribution in [1.82, 2.24) is 10.6 Å². The van der Waals surface area contributed by atoms with Crippen LogP contribution in [0.3, 0.4) is 0 Å². The van der Waals surface area contributed by atoms with Crippen LogP contribution in [0.2, 0.25) is 0 Å². The third kappa shape index (κ3) is 12.0. The predicted octanol–water partition coefficient (Wildman–Crippen LogP) is 2.47. The van der Waals surface area contributed by atoms with Gasteiger partial charge in [0.25, 0.3) is 0 Å². The lowest BCUT2D eigenvalue weighted by Crippen LogP contribution is -2.32. The number of hydrogen-bond acceptors (Lipinski definition) is 4. The molecule has 0 aromatic rings. The van der Waals surface area contributed by atoms with Crippen molar-refractivity contribution < 1.29 is 14.3 Å². The fourth-order valence-corrected chi connectivity index (χ4v) is 1.30. The van der Waals surface area contributed by atoms with Crippen LogP contribution in [0.5, 0.6) is 0 Å². The molecular formula is C15H30N2O3. The molecule has 0 aromatic carbocycles. The van der Waals surface area contributed by atoms with Gasteiger partial charge in [-0.15, -0.1) is 0 Å². The van der Waals surface area contributed by atoms with Gasteiger partial charge in [0.15, 0.2) is 0 Å². The molecule has 0 aliphatic heterocycles. The monoisotopic (exact) mass is 286 g/mol. The summed E-state index contributed by atoms with van der Waals surface area (Å²) in [5, 5.41) is 5.96. The number of hydrogen-bond donors (Lipinski definition) is 2. The second-order valence-corrected chi connectivity index (χ2v) is 6.27. The minimum atomic E-state index is -0.455. The molecule has 0 saturated heterocycles. The van der Waals surface area contributed by atoms with Crippen LogP contribution < -0.4 is 10.6 Å². The van der Waals surface area contributed by atoms with Gasteiger partial charge in [0, 0.05) is 20.2 Å². The van der Waals surface area contributed by atoms with Crippen LogP contribution in [0.1, 0.15) is 41.0 Å². The largest absolute Gasteiger partial charge is 0.444 e. The Morgan fingerprint density at radius 3 is 2.25 bits per heavy atom. The van der Waals surface area contributed by atoms with Crippen LogP contribution in [0.25, 0.3) is 0 Å². The number of alkyl carbamates (subject to hydrolysis) is 1. The van der Waals surface area contributed by atoms with Crippen molar-refractivity contribution in [2.75, 3.05) is 26.7 Å². The van der Waals surface area contributed by atoms with E-state index in [-0.39, 0.29) is 5.60 Å². The molecule has 0 aliphatic carbocycles. The van der Waals surface area contributed by atoms with Gasteiger partial charge < -0.3 is 20.1 Å². The summed E-state index contributed by atoms with van der Waals surface area (Å²) in [5.41, 5.74) is -0.543. The first-order chi connectivity index (χ1) is 9.16. The molecule has 118 valence electrons. The maximum atomic E-state index is 11.3. The summed E-state index contributed by atoms with van der Waals surface area (Å²) in [4.78, 5) is 11.3. The first-order valence-corrected chi connectivity index (χ1v) is 7.04. The third-order valence-electron chi connectivity index (χ3n) is 2.65. The summed E-state index contributed by atoms with van der Waals surface area (Å²) < 4.78 is 10.4. The van der Waals surface area contributed by atoms with Crippen LogP contribution in [0.15, 0.2) is 12.2 Å². The zero-order valence-electron chi connectivity index (χ0n) is 13.7. The molecule has 0 fully saturated rings. The van der Waals surface area contributed by atoms with Gasteiger partial charge in [-0.05, 0) is 47.6 Å². The molecule has 1 amide bonds. The molecule has 0 atom stereocenters. The number of rotatable bonds is 8. The Balaban J connectivity index is 3.57. The Bertz CT molecular complexity index is 307. The normalized spacial score (nSPS) is 12.7. The number of carbonyl (C=O) groups is 1. The number of methoxy groups -OCH3 is 1. The van der Waals surface area contributed by atoms with Gasteiger partial charge in [-0.2, -0.15) is 0 Å². The lowest BCUT2D eigenvalue weighted by Gasteiger charge is -2.22. The summed E-state index contributed by atoms with van der Waals surface area (Å²) in [5.74, 6) is 0. The molecule has 20 heavy (non-hydrogen) atoms. The van der Waals surface area contributed by atoms with Crippen LogP contribution in [-0.4, -0.2) is 44.0 Å². The molecule has 0 radical (unpaired) electrons. The average Bonchev–Trinajstić information content (AvgIpc) is 2.30.